The number of fused-ring (bicyclic) bond motifs is 1. The van der Waals surface area contributed by atoms with Crippen molar-refractivity contribution < 1.29 is 18.4 Å². The largest absolute Gasteiger partial charge is 0.277 e. The van der Waals surface area contributed by atoms with Gasteiger partial charge in [0.1, 0.15) is 0 Å². The molecule has 94 valence electrons. The molecule has 2 rings (SSSR count). The average molecular weight is 251 g/mol. The van der Waals surface area contributed by atoms with Gasteiger partial charge in [-0.3, -0.25) is 9.63 Å². The molecule has 0 aromatic heterocycles. The molecule has 18 heavy (non-hydrogen) atoms. The molecule has 0 aliphatic heterocycles. The zero-order chi connectivity index (χ0) is 13.3. The van der Waals surface area contributed by atoms with Crippen molar-refractivity contribution in [3.05, 3.63) is 47.5 Å². The van der Waals surface area contributed by atoms with Crippen molar-refractivity contribution in [3.8, 4) is 0 Å². The van der Waals surface area contributed by atoms with E-state index in [2.05, 4.69) is 0 Å². The van der Waals surface area contributed by atoms with E-state index in [1.807, 2.05) is 0 Å². The Bertz CT molecular complexity index is 613. The molecule has 5 heteroatoms. The van der Waals surface area contributed by atoms with Gasteiger partial charge in [0, 0.05) is 12.6 Å². The summed E-state index contributed by atoms with van der Waals surface area (Å²) in [6.07, 6.45) is 0. The van der Waals surface area contributed by atoms with Crippen molar-refractivity contribution in [2.45, 2.75) is 0 Å². The number of carbonyl (C=O) groups is 1. The van der Waals surface area contributed by atoms with Crippen LogP contribution in [-0.2, 0) is 4.84 Å². The van der Waals surface area contributed by atoms with Crippen LogP contribution >= 0.6 is 0 Å². The molecule has 0 unspecified atom stereocenters. The highest BCUT2D eigenvalue weighted by molar-refractivity contribution is 6.06. The number of hydrogen-bond donors (Lipinski definition) is 0. The van der Waals surface area contributed by atoms with Crippen LogP contribution in [0.5, 0.6) is 0 Å². The Morgan fingerprint density at radius 2 is 1.89 bits per heavy atom. The molecule has 0 radical (unpaired) electrons. The lowest BCUT2D eigenvalue weighted by molar-refractivity contribution is -0.0755. The Labute approximate surface area is 103 Å². The maximum atomic E-state index is 13.2. The van der Waals surface area contributed by atoms with Crippen LogP contribution in [0, 0.1) is 11.6 Å². The van der Waals surface area contributed by atoms with E-state index >= 15 is 0 Å². The lowest BCUT2D eigenvalue weighted by Crippen LogP contribution is -2.25. The first kappa shape index (κ1) is 12.4. The van der Waals surface area contributed by atoms with Gasteiger partial charge in [0.15, 0.2) is 11.6 Å². The molecule has 0 N–H and O–H groups in total. The average Bonchev–Trinajstić information content (AvgIpc) is 2.37. The minimum atomic E-state index is -0.984. The zero-order valence-electron chi connectivity index (χ0n) is 9.91. The van der Waals surface area contributed by atoms with Gasteiger partial charge in [0.25, 0.3) is 5.91 Å². The lowest BCUT2D eigenvalue weighted by Gasteiger charge is -2.15. The monoisotopic (exact) mass is 251 g/mol. The maximum Gasteiger partial charge on any atom is 0.277 e. The fraction of sp³-hybridized carbons (Fsp3) is 0.154. The van der Waals surface area contributed by atoms with E-state index < -0.39 is 17.5 Å². The molecule has 1 amide bonds. The number of hydroxylamine groups is 2. The van der Waals surface area contributed by atoms with E-state index in [4.69, 9.17) is 4.84 Å². The lowest BCUT2D eigenvalue weighted by atomic mass is 10.0. The van der Waals surface area contributed by atoms with Crippen molar-refractivity contribution in [3.63, 3.8) is 0 Å². The van der Waals surface area contributed by atoms with Crippen LogP contribution in [0.2, 0.25) is 0 Å². The van der Waals surface area contributed by atoms with E-state index in [1.165, 1.54) is 20.2 Å². The summed E-state index contributed by atoms with van der Waals surface area (Å²) in [7, 11) is 2.80. The summed E-state index contributed by atoms with van der Waals surface area (Å²) in [4.78, 5) is 16.8. The second-order valence-corrected chi connectivity index (χ2v) is 3.78. The van der Waals surface area contributed by atoms with Crippen LogP contribution in [0.25, 0.3) is 10.8 Å². The molecule has 3 nitrogen and oxygen atoms in total. The molecule has 0 aliphatic rings. The molecule has 2 aromatic rings. The van der Waals surface area contributed by atoms with E-state index in [0.717, 1.165) is 17.2 Å². The molecule has 0 spiro atoms. The maximum absolute atomic E-state index is 13.2. The number of nitrogens with zero attached hydrogens (tertiary/aromatic N) is 1. The van der Waals surface area contributed by atoms with E-state index in [1.54, 1.807) is 12.1 Å². The fourth-order valence-corrected chi connectivity index (χ4v) is 1.71. The molecule has 0 aliphatic carbocycles. The van der Waals surface area contributed by atoms with Crippen LogP contribution in [0.1, 0.15) is 10.4 Å². The first-order valence-corrected chi connectivity index (χ1v) is 5.24. The summed E-state index contributed by atoms with van der Waals surface area (Å²) < 4.78 is 26.4. The topological polar surface area (TPSA) is 29.5 Å². The SMILES string of the molecule is CON(C)C(=O)c1cccc2cc(F)c(F)cc12. The van der Waals surface area contributed by atoms with Crippen molar-refractivity contribution in [1.82, 2.24) is 5.06 Å². The highest BCUT2D eigenvalue weighted by Crippen LogP contribution is 2.23. The summed E-state index contributed by atoms with van der Waals surface area (Å²) in [5.41, 5.74) is 0.260. The summed E-state index contributed by atoms with van der Waals surface area (Å²) in [5, 5.41) is 1.84. The first-order valence-electron chi connectivity index (χ1n) is 5.24. The van der Waals surface area contributed by atoms with Crippen LogP contribution in [-0.4, -0.2) is 25.1 Å². The van der Waals surface area contributed by atoms with Gasteiger partial charge in [-0.05, 0) is 29.0 Å². The number of rotatable bonds is 2. The highest BCUT2D eigenvalue weighted by atomic mass is 19.2. The van der Waals surface area contributed by atoms with Gasteiger partial charge in [-0.25, -0.2) is 13.8 Å². The van der Waals surface area contributed by atoms with Crippen LogP contribution in [0.15, 0.2) is 30.3 Å². The molecule has 2 aromatic carbocycles. The van der Waals surface area contributed by atoms with Crippen molar-refractivity contribution >= 4 is 16.7 Å². The Morgan fingerprint density at radius 3 is 2.56 bits per heavy atom. The third kappa shape index (κ3) is 2.04. The Balaban J connectivity index is 2.65. The Kier molecular flexibility index (Phi) is 3.25. The zero-order valence-corrected chi connectivity index (χ0v) is 9.91. The molecule has 0 saturated carbocycles. The molecule has 0 fully saturated rings. The first-order chi connectivity index (χ1) is 8.54. The van der Waals surface area contributed by atoms with Crippen LogP contribution in [0.3, 0.4) is 0 Å². The van der Waals surface area contributed by atoms with Gasteiger partial charge in [0.2, 0.25) is 0 Å². The van der Waals surface area contributed by atoms with Gasteiger partial charge in [-0.2, -0.15) is 0 Å². The van der Waals surface area contributed by atoms with E-state index in [9.17, 15) is 13.6 Å². The minimum absolute atomic E-state index is 0.260. The summed E-state index contributed by atoms with van der Waals surface area (Å²) in [6, 6.07) is 6.84. The number of hydrogen-bond acceptors (Lipinski definition) is 2. The second kappa shape index (κ2) is 4.70. The Hall–Kier alpha value is -2.01. The fourth-order valence-electron chi connectivity index (χ4n) is 1.71. The van der Waals surface area contributed by atoms with Gasteiger partial charge in [-0.15, -0.1) is 0 Å². The number of amides is 1. The van der Waals surface area contributed by atoms with Gasteiger partial charge < -0.3 is 0 Å². The molecule has 0 bridgehead atoms. The number of benzene rings is 2. The van der Waals surface area contributed by atoms with E-state index in [-0.39, 0.29) is 5.56 Å². The van der Waals surface area contributed by atoms with Crippen LogP contribution in [0.4, 0.5) is 8.78 Å². The van der Waals surface area contributed by atoms with Crippen LogP contribution < -0.4 is 0 Å². The normalized spacial score (nSPS) is 10.7. The summed E-state index contributed by atoms with van der Waals surface area (Å²) in [5.74, 6) is -2.34. The third-order valence-corrected chi connectivity index (χ3v) is 2.71. The molecule has 0 heterocycles. The molecule has 0 saturated heterocycles. The third-order valence-electron chi connectivity index (χ3n) is 2.71. The van der Waals surface area contributed by atoms with Crippen molar-refractivity contribution in [2.24, 2.45) is 0 Å². The second-order valence-electron chi connectivity index (χ2n) is 3.78. The van der Waals surface area contributed by atoms with Crippen molar-refractivity contribution in [2.75, 3.05) is 14.2 Å². The Morgan fingerprint density at radius 1 is 1.22 bits per heavy atom. The molecular formula is C13H11F2NO2. The standard InChI is InChI=1S/C13H11F2NO2/c1-16(18-2)13(17)9-5-3-4-8-6-11(14)12(15)7-10(8)9/h3-7H,1-2H3. The van der Waals surface area contributed by atoms with Gasteiger partial charge in [-0.1, -0.05) is 12.1 Å². The molecular weight excluding hydrogens is 240 g/mol. The van der Waals surface area contributed by atoms with Gasteiger partial charge >= 0.3 is 0 Å². The summed E-state index contributed by atoms with van der Waals surface area (Å²) >= 11 is 0. The van der Waals surface area contributed by atoms with E-state index in [0.29, 0.717) is 10.8 Å². The molecule has 0 atom stereocenters. The number of halogens is 2. The van der Waals surface area contributed by atoms with Crippen molar-refractivity contribution in [1.29, 1.82) is 0 Å². The predicted molar refractivity (Wildman–Crippen MR) is 63.0 cm³/mol. The number of carbonyl (C=O) groups excluding carboxylic acids is 1. The summed E-state index contributed by atoms with van der Waals surface area (Å²) in [6.45, 7) is 0. The van der Waals surface area contributed by atoms with Gasteiger partial charge in [0.05, 0.1) is 7.11 Å². The minimum Gasteiger partial charge on any atom is -0.274 e. The smallest absolute Gasteiger partial charge is 0.274 e. The quantitative estimate of drug-likeness (QED) is 0.768. The highest BCUT2D eigenvalue weighted by Gasteiger charge is 2.16. The predicted octanol–water partition coefficient (Wildman–Crippen LogP) is 2.75.